The third kappa shape index (κ3) is 6.38. The number of amides is 2. The quantitative estimate of drug-likeness (QED) is 0.201. The molecule has 0 spiro atoms. The van der Waals surface area contributed by atoms with Crippen LogP contribution in [-0.2, 0) is 27.1 Å². The zero-order valence-electron chi connectivity index (χ0n) is 21.4. The van der Waals surface area contributed by atoms with E-state index in [9.17, 15) is 14.9 Å². The minimum Gasteiger partial charge on any atom is -0.467 e. The summed E-state index contributed by atoms with van der Waals surface area (Å²) in [6, 6.07) is 23.6. The van der Waals surface area contributed by atoms with E-state index in [1.807, 2.05) is 67.6 Å². The highest BCUT2D eigenvalue weighted by Gasteiger charge is 2.22. The topological polar surface area (TPSA) is 116 Å². The van der Waals surface area contributed by atoms with E-state index in [0.29, 0.717) is 36.6 Å². The van der Waals surface area contributed by atoms with Gasteiger partial charge in [-0.05, 0) is 48.2 Å². The molecule has 1 atom stereocenters. The number of rotatable bonds is 10. The first-order valence-electron chi connectivity index (χ1n) is 12.4. The number of nitrogens with zero attached hydrogens (tertiary/aromatic N) is 1. The van der Waals surface area contributed by atoms with Gasteiger partial charge in [0.05, 0.1) is 25.0 Å². The van der Waals surface area contributed by atoms with Crippen molar-refractivity contribution in [3.8, 4) is 17.3 Å². The SMILES string of the molecule is CCOCCc1ccc2c(C#N)c(-c3ccc(NC(=O)NC(Cc4ccccc4)C(=O)OC)cc3)[nH]c2c1. The molecule has 0 fully saturated rings. The van der Waals surface area contributed by atoms with Crippen LogP contribution in [0, 0.1) is 11.3 Å². The van der Waals surface area contributed by atoms with Gasteiger partial charge in [-0.3, -0.25) is 0 Å². The van der Waals surface area contributed by atoms with Crippen molar-refractivity contribution in [2.45, 2.75) is 25.8 Å². The molecule has 0 aliphatic carbocycles. The Kier molecular flexibility index (Phi) is 8.75. The third-order valence-electron chi connectivity index (χ3n) is 6.22. The van der Waals surface area contributed by atoms with E-state index in [2.05, 4.69) is 21.7 Å². The standard InChI is InChI=1S/C30H30N4O4/c1-3-38-16-15-21-9-14-24-25(19-31)28(33-26(24)17-21)22-10-12-23(13-11-22)32-30(36)34-27(29(35)37-2)18-20-7-5-4-6-8-20/h4-14,17,27,33H,3,15-16,18H2,1-2H3,(H2,32,34,36). The van der Waals surface area contributed by atoms with E-state index in [-0.39, 0.29) is 0 Å². The number of hydrogen-bond donors (Lipinski definition) is 3. The maximum atomic E-state index is 12.6. The molecule has 0 bridgehead atoms. The lowest BCUT2D eigenvalue weighted by Gasteiger charge is -2.17. The molecule has 8 heteroatoms. The lowest BCUT2D eigenvalue weighted by atomic mass is 10.0. The number of aromatic nitrogens is 1. The molecule has 194 valence electrons. The highest BCUT2D eigenvalue weighted by atomic mass is 16.5. The maximum Gasteiger partial charge on any atom is 0.328 e. The van der Waals surface area contributed by atoms with Gasteiger partial charge in [0.2, 0.25) is 0 Å². The van der Waals surface area contributed by atoms with Gasteiger partial charge in [0.15, 0.2) is 0 Å². The first-order valence-corrected chi connectivity index (χ1v) is 12.4. The summed E-state index contributed by atoms with van der Waals surface area (Å²) in [6.45, 7) is 3.30. The molecule has 8 nitrogen and oxygen atoms in total. The Bertz CT molecular complexity index is 1440. The summed E-state index contributed by atoms with van der Waals surface area (Å²) >= 11 is 0. The number of carbonyl (C=O) groups is 2. The zero-order chi connectivity index (χ0) is 26.9. The smallest absolute Gasteiger partial charge is 0.328 e. The molecule has 0 saturated carbocycles. The van der Waals surface area contributed by atoms with E-state index in [1.54, 1.807) is 12.1 Å². The lowest BCUT2D eigenvalue weighted by molar-refractivity contribution is -0.142. The van der Waals surface area contributed by atoms with Gasteiger partial charge in [-0.2, -0.15) is 5.26 Å². The fourth-order valence-electron chi connectivity index (χ4n) is 4.30. The van der Waals surface area contributed by atoms with Gasteiger partial charge in [0.1, 0.15) is 12.1 Å². The van der Waals surface area contributed by atoms with Gasteiger partial charge in [-0.1, -0.05) is 54.6 Å². The van der Waals surface area contributed by atoms with Crippen molar-refractivity contribution in [3.63, 3.8) is 0 Å². The molecule has 3 N–H and O–H groups in total. The Morgan fingerprint density at radius 1 is 1.03 bits per heavy atom. The molecule has 1 unspecified atom stereocenters. The molecular formula is C30H30N4O4. The predicted molar refractivity (Wildman–Crippen MR) is 147 cm³/mol. The van der Waals surface area contributed by atoms with Crippen molar-refractivity contribution in [1.82, 2.24) is 10.3 Å². The van der Waals surface area contributed by atoms with Gasteiger partial charge >= 0.3 is 12.0 Å². The summed E-state index contributed by atoms with van der Waals surface area (Å²) in [5, 5.41) is 16.1. The first kappa shape index (κ1) is 26.5. The van der Waals surface area contributed by atoms with Crippen LogP contribution in [0.5, 0.6) is 0 Å². The summed E-state index contributed by atoms with van der Waals surface area (Å²) in [7, 11) is 1.29. The number of fused-ring (bicyclic) bond motifs is 1. The van der Waals surface area contributed by atoms with Gasteiger partial charge in [-0.25, -0.2) is 9.59 Å². The van der Waals surface area contributed by atoms with Crippen molar-refractivity contribution < 1.29 is 19.1 Å². The van der Waals surface area contributed by atoms with E-state index in [4.69, 9.17) is 9.47 Å². The number of ether oxygens (including phenoxy) is 2. The van der Waals surface area contributed by atoms with Crippen molar-refractivity contribution in [1.29, 1.82) is 5.26 Å². The fourth-order valence-corrected chi connectivity index (χ4v) is 4.30. The number of methoxy groups -OCH3 is 1. The number of carbonyl (C=O) groups excluding carboxylic acids is 2. The van der Waals surface area contributed by atoms with Gasteiger partial charge < -0.3 is 25.1 Å². The average molecular weight is 511 g/mol. The van der Waals surface area contributed by atoms with Crippen LogP contribution in [-0.4, -0.2) is 43.3 Å². The van der Waals surface area contributed by atoms with Gasteiger partial charge in [-0.15, -0.1) is 0 Å². The number of hydrogen-bond acceptors (Lipinski definition) is 5. The Morgan fingerprint density at radius 2 is 1.79 bits per heavy atom. The molecule has 0 aliphatic rings. The van der Waals surface area contributed by atoms with Crippen LogP contribution >= 0.6 is 0 Å². The van der Waals surface area contributed by atoms with E-state index in [0.717, 1.165) is 34.0 Å². The highest BCUT2D eigenvalue weighted by Crippen LogP contribution is 2.31. The molecule has 1 heterocycles. The van der Waals surface area contributed by atoms with Crippen LogP contribution in [0.25, 0.3) is 22.2 Å². The monoisotopic (exact) mass is 510 g/mol. The van der Waals surface area contributed by atoms with Crippen LogP contribution in [0.1, 0.15) is 23.6 Å². The molecular weight excluding hydrogens is 480 g/mol. The number of nitrogens with one attached hydrogen (secondary N) is 3. The van der Waals surface area contributed by atoms with Crippen LogP contribution in [0.4, 0.5) is 10.5 Å². The number of H-pyrrole nitrogens is 1. The first-order chi connectivity index (χ1) is 18.5. The molecule has 38 heavy (non-hydrogen) atoms. The highest BCUT2D eigenvalue weighted by molar-refractivity contribution is 5.95. The van der Waals surface area contributed by atoms with Crippen molar-refractivity contribution in [2.75, 3.05) is 25.6 Å². The number of nitriles is 1. The summed E-state index contributed by atoms with van der Waals surface area (Å²) in [5.41, 5.74) is 5.57. The largest absolute Gasteiger partial charge is 0.467 e. The fraction of sp³-hybridized carbons (Fsp3) is 0.233. The Morgan fingerprint density at radius 3 is 2.47 bits per heavy atom. The van der Waals surface area contributed by atoms with Crippen LogP contribution < -0.4 is 10.6 Å². The van der Waals surface area contributed by atoms with Crippen LogP contribution in [0.2, 0.25) is 0 Å². The molecule has 0 aliphatic heterocycles. The molecule has 1 aromatic heterocycles. The lowest BCUT2D eigenvalue weighted by Crippen LogP contribution is -2.45. The third-order valence-corrected chi connectivity index (χ3v) is 6.22. The minimum atomic E-state index is -0.829. The number of esters is 1. The summed E-state index contributed by atoms with van der Waals surface area (Å²) in [6.07, 6.45) is 1.11. The molecule has 0 radical (unpaired) electrons. The zero-order valence-corrected chi connectivity index (χ0v) is 21.4. The molecule has 4 rings (SSSR count). The van der Waals surface area contributed by atoms with Crippen LogP contribution in [0.15, 0.2) is 72.8 Å². The van der Waals surface area contributed by atoms with Crippen molar-refractivity contribution >= 4 is 28.6 Å². The summed E-state index contributed by atoms with van der Waals surface area (Å²) in [4.78, 5) is 28.2. The Balaban J connectivity index is 1.46. The maximum absolute atomic E-state index is 12.6. The average Bonchev–Trinajstić information content (AvgIpc) is 3.31. The molecule has 0 saturated heterocycles. The van der Waals surface area contributed by atoms with Gasteiger partial charge in [0.25, 0.3) is 0 Å². The van der Waals surface area contributed by atoms with E-state index in [1.165, 1.54) is 7.11 Å². The normalized spacial score (nSPS) is 11.5. The Hall–Kier alpha value is -4.61. The van der Waals surface area contributed by atoms with Crippen molar-refractivity contribution in [2.24, 2.45) is 0 Å². The number of anilines is 1. The summed E-state index contributed by atoms with van der Waals surface area (Å²) < 4.78 is 10.3. The second kappa shape index (κ2) is 12.6. The minimum absolute atomic E-state index is 0.310. The summed E-state index contributed by atoms with van der Waals surface area (Å²) in [5.74, 6) is -0.525. The second-order valence-electron chi connectivity index (χ2n) is 8.75. The second-order valence-corrected chi connectivity index (χ2v) is 8.75. The molecule has 4 aromatic rings. The molecule has 3 aromatic carbocycles. The molecule has 2 amide bonds. The van der Waals surface area contributed by atoms with Gasteiger partial charge in [0, 0.05) is 29.6 Å². The Labute approximate surface area is 221 Å². The van der Waals surface area contributed by atoms with E-state index >= 15 is 0 Å². The van der Waals surface area contributed by atoms with Crippen LogP contribution in [0.3, 0.4) is 0 Å². The predicted octanol–water partition coefficient (Wildman–Crippen LogP) is 5.19. The number of aromatic amines is 1. The van der Waals surface area contributed by atoms with Crippen molar-refractivity contribution in [3.05, 3.63) is 89.5 Å². The van der Waals surface area contributed by atoms with E-state index < -0.39 is 18.0 Å². The number of benzene rings is 3. The number of urea groups is 1.